The summed E-state index contributed by atoms with van der Waals surface area (Å²) in [6, 6.07) is 6.95. The van der Waals surface area contributed by atoms with Crippen LogP contribution in [0.15, 0.2) is 24.3 Å². The molecule has 1 aromatic rings. The van der Waals surface area contributed by atoms with Gasteiger partial charge in [-0.2, -0.15) is 0 Å². The molecule has 2 N–H and O–H groups in total. The maximum Gasteiger partial charge on any atom is 0.248 e. The van der Waals surface area contributed by atoms with Crippen molar-refractivity contribution in [3.05, 3.63) is 29.8 Å². The van der Waals surface area contributed by atoms with Crippen LogP contribution >= 0.6 is 0 Å². The fourth-order valence-electron chi connectivity index (χ4n) is 2.63. The predicted molar refractivity (Wildman–Crippen MR) is 61.6 cm³/mol. The van der Waals surface area contributed by atoms with Crippen LogP contribution in [0.5, 0.6) is 0 Å². The quantitative estimate of drug-likeness (QED) is 0.762. The maximum atomic E-state index is 13.3. The predicted octanol–water partition coefficient (Wildman–Crippen LogP) is 3.74. The molecular weight excluding hydrogens is 208 g/mol. The molecule has 0 aromatic heterocycles. The first-order chi connectivity index (χ1) is 7.65. The van der Waals surface area contributed by atoms with Gasteiger partial charge in [0.25, 0.3) is 0 Å². The molecule has 88 valence electrons. The summed E-state index contributed by atoms with van der Waals surface area (Å²) in [5.41, 5.74) is 6.04. The number of hydrogen-bond acceptors (Lipinski definition) is 1. The zero-order valence-electron chi connectivity index (χ0n) is 9.26. The Balaban J connectivity index is 2.34. The molecule has 3 heteroatoms. The Morgan fingerprint density at radius 2 is 1.56 bits per heavy atom. The van der Waals surface area contributed by atoms with Crippen molar-refractivity contribution in [1.82, 2.24) is 0 Å². The van der Waals surface area contributed by atoms with Crippen LogP contribution in [0.4, 0.5) is 14.5 Å². The van der Waals surface area contributed by atoms with Crippen LogP contribution < -0.4 is 5.73 Å². The Labute approximate surface area is 94.7 Å². The van der Waals surface area contributed by atoms with E-state index in [2.05, 4.69) is 0 Å². The molecule has 0 saturated heterocycles. The minimum absolute atomic E-state index is 0.592. The molecule has 0 amide bonds. The topological polar surface area (TPSA) is 26.0 Å². The first kappa shape index (κ1) is 11.4. The highest BCUT2D eigenvalue weighted by atomic mass is 19.3. The minimum atomic E-state index is -2.28. The Kier molecular flexibility index (Phi) is 3.13. The van der Waals surface area contributed by atoms with Crippen molar-refractivity contribution in [3.8, 4) is 0 Å². The van der Waals surface area contributed by atoms with Crippen molar-refractivity contribution in [2.45, 2.75) is 43.9 Å². The summed E-state index contributed by atoms with van der Waals surface area (Å²) in [4.78, 5) is 0. The third-order valence-corrected chi connectivity index (χ3v) is 3.65. The lowest BCUT2D eigenvalue weighted by Gasteiger charge is -2.37. The van der Waals surface area contributed by atoms with E-state index in [0.29, 0.717) is 18.5 Å². The van der Waals surface area contributed by atoms with E-state index in [9.17, 15) is 8.78 Å². The normalized spacial score (nSPS) is 19.9. The summed E-state index contributed by atoms with van der Waals surface area (Å²) in [7, 11) is 0. The molecule has 1 aromatic carbocycles. The van der Waals surface area contributed by atoms with E-state index < -0.39 is 11.8 Å². The zero-order chi connectivity index (χ0) is 11.6. The fraction of sp³-hybridized carbons (Fsp3) is 0.538. The number of rotatable bonds is 2. The van der Waals surface area contributed by atoms with Gasteiger partial charge >= 0.3 is 0 Å². The summed E-state index contributed by atoms with van der Waals surface area (Å²) < 4.78 is 26.7. The molecule has 0 aliphatic heterocycles. The summed E-state index contributed by atoms with van der Waals surface area (Å²) in [5.74, 6) is 0. The van der Waals surface area contributed by atoms with Crippen LogP contribution in [0.25, 0.3) is 0 Å². The molecule has 1 aliphatic carbocycles. The SMILES string of the molecule is Nc1ccc(C2(C(F)F)CCCCC2)cc1. The van der Waals surface area contributed by atoms with E-state index in [1.54, 1.807) is 24.3 Å². The van der Waals surface area contributed by atoms with E-state index in [1.807, 2.05) is 0 Å². The summed E-state index contributed by atoms with van der Waals surface area (Å²) >= 11 is 0. The lowest BCUT2D eigenvalue weighted by Crippen LogP contribution is -2.36. The highest BCUT2D eigenvalue weighted by Crippen LogP contribution is 2.44. The van der Waals surface area contributed by atoms with Crippen molar-refractivity contribution in [3.63, 3.8) is 0 Å². The monoisotopic (exact) mass is 225 g/mol. The smallest absolute Gasteiger partial charge is 0.248 e. The lowest BCUT2D eigenvalue weighted by atomic mass is 9.69. The van der Waals surface area contributed by atoms with Crippen molar-refractivity contribution in [2.75, 3.05) is 5.73 Å². The molecule has 1 aliphatic rings. The van der Waals surface area contributed by atoms with E-state index >= 15 is 0 Å². The van der Waals surface area contributed by atoms with E-state index in [4.69, 9.17) is 5.73 Å². The highest BCUT2D eigenvalue weighted by Gasteiger charge is 2.42. The van der Waals surface area contributed by atoms with Gasteiger partial charge in [-0.05, 0) is 30.5 Å². The summed E-state index contributed by atoms with van der Waals surface area (Å²) in [6.45, 7) is 0. The van der Waals surface area contributed by atoms with Gasteiger partial charge < -0.3 is 5.73 Å². The van der Waals surface area contributed by atoms with Gasteiger partial charge in [0.2, 0.25) is 6.43 Å². The molecule has 0 unspecified atom stereocenters. The van der Waals surface area contributed by atoms with Crippen LogP contribution in [-0.2, 0) is 5.41 Å². The average Bonchev–Trinajstić information content (AvgIpc) is 2.30. The van der Waals surface area contributed by atoms with Crippen LogP contribution in [0, 0.1) is 0 Å². The van der Waals surface area contributed by atoms with E-state index in [1.165, 1.54) is 0 Å². The van der Waals surface area contributed by atoms with Gasteiger partial charge in [-0.25, -0.2) is 8.78 Å². The van der Waals surface area contributed by atoms with Gasteiger partial charge in [-0.3, -0.25) is 0 Å². The molecule has 0 heterocycles. The molecule has 0 spiro atoms. The van der Waals surface area contributed by atoms with Gasteiger partial charge in [-0.15, -0.1) is 0 Å². The Morgan fingerprint density at radius 3 is 2.06 bits per heavy atom. The number of halogens is 2. The van der Waals surface area contributed by atoms with E-state index in [-0.39, 0.29) is 0 Å². The highest BCUT2D eigenvalue weighted by molar-refractivity contribution is 5.42. The Morgan fingerprint density at radius 1 is 1.00 bits per heavy atom. The number of anilines is 1. The molecule has 0 radical (unpaired) electrons. The second-order valence-corrected chi connectivity index (χ2v) is 4.64. The Hall–Kier alpha value is -1.12. The molecule has 0 atom stereocenters. The van der Waals surface area contributed by atoms with Gasteiger partial charge in [0.1, 0.15) is 0 Å². The van der Waals surface area contributed by atoms with E-state index in [0.717, 1.165) is 24.8 Å². The zero-order valence-corrected chi connectivity index (χ0v) is 9.26. The number of nitrogens with two attached hydrogens (primary N) is 1. The molecule has 2 rings (SSSR count). The van der Waals surface area contributed by atoms with Crippen molar-refractivity contribution >= 4 is 5.69 Å². The number of hydrogen-bond donors (Lipinski definition) is 1. The summed E-state index contributed by atoms with van der Waals surface area (Å²) in [6.07, 6.45) is 1.77. The second-order valence-electron chi connectivity index (χ2n) is 4.64. The van der Waals surface area contributed by atoms with Crippen LogP contribution in [0.3, 0.4) is 0 Å². The van der Waals surface area contributed by atoms with Gasteiger partial charge in [0, 0.05) is 5.69 Å². The molecule has 1 fully saturated rings. The van der Waals surface area contributed by atoms with Crippen LogP contribution in [0.2, 0.25) is 0 Å². The first-order valence-corrected chi connectivity index (χ1v) is 5.79. The third-order valence-electron chi connectivity index (χ3n) is 3.65. The number of alkyl halides is 2. The molecular formula is C13H17F2N. The number of nitrogen functional groups attached to an aromatic ring is 1. The largest absolute Gasteiger partial charge is 0.399 e. The standard InChI is InChI=1S/C13H17F2N/c14-12(15)13(8-2-1-3-9-13)10-4-6-11(16)7-5-10/h4-7,12H,1-3,8-9,16H2. The van der Waals surface area contributed by atoms with Gasteiger partial charge in [-0.1, -0.05) is 31.4 Å². The summed E-state index contributed by atoms with van der Waals surface area (Å²) in [5, 5.41) is 0. The van der Waals surface area contributed by atoms with Crippen molar-refractivity contribution < 1.29 is 8.78 Å². The number of benzene rings is 1. The molecule has 1 saturated carbocycles. The average molecular weight is 225 g/mol. The minimum Gasteiger partial charge on any atom is -0.399 e. The molecule has 0 bridgehead atoms. The third kappa shape index (κ3) is 1.91. The van der Waals surface area contributed by atoms with Crippen LogP contribution in [0.1, 0.15) is 37.7 Å². The van der Waals surface area contributed by atoms with Gasteiger partial charge in [0.15, 0.2) is 0 Å². The Bertz CT molecular complexity index is 339. The molecule has 16 heavy (non-hydrogen) atoms. The molecule has 1 nitrogen and oxygen atoms in total. The van der Waals surface area contributed by atoms with Crippen molar-refractivity contribution in [2.24, 2.45) is 0 Å². The maximum absolute atomic E-state index is 13.3. The second kappa shape index (κ2) is 4.40. The van der Waals surface area contributed by atoms with Gasteiger partial charge in [0.05, 0.1) is 5.41 Å². The lowest BCUT2D eigenvalue weighted by molar-refractivity contribution is 0.0254. The first-order valence-electron chi connectivity index (χ1n) is 5.79. The van der Waals surface area contributed by atoms with Crippen LogP contribution in [-0.4, -0.2) is 6.43 Å². The van der Waals surface area contributed by atoms with Crippen molar-refractivity contribution in [1.29, 1.82) is 0 Å². The fourth-order valence-corrected chi connectivity index (χ4v) is 2.63.